The third-order valence-electron chi connectivity index (χ3n) is 4.05. The van der Waals surface area contributed by atoms with Gasteiger partial charge in [0.2, 0.25) is 0 Å². The molecule has 2 unspecified atom stereocenters. The van der Waals surface area contributed by atoms with E-state index in [0.717, 1.165) is 17.6 Å². The SMILES string of the molecule is Cc1noc2ncc(C(=O)N3CCNC(C)C3C)cc12. The second kappa shape index (κ2) is 4.86. The summed E-state index contributed by atoms with van der Waals surface area (Å²) >= 11 is 0. The Labute approximate surface area is 117 Å². The fraction of sp³-hybridized carbons (Fsp3) is 0.500. The number of rotatable bonds is 1. The van der Waals surface area contributed by atoms with Gasteiger partial charge in [-0.1, -0.05) is 5.16 Å². The largest absolute Gasteiger partial charge is 0.336 e. The molecule has 0 radical (unpaired) electrons. The van der Waals surface area contributed by atoms with Gasteiger partial charge in [0.25, 0.3) is 11.6 Å². The summed E-state index contributed by atoms with van der Waals surface area (Å²) in [5.74, 6) is 0.0147. The fourth-order valence-electron chi connectivity index (χ4n) is 2.57. The predicted octanol–water partition coefficient (Wildman–Crippen LogP) is 1.35. The van der Waals surface area contributed by atoms with Crippen LogP contribution >= 0.6 is 0 Å². The maximum Gasteiger partial charge on any atom is 0.257 e. The van der Waals surface area contributed by atoms with Crippen molar-refractivity contribution in [3.05, 3.63) is 23.5 Å². The van der Waals surface area contributed by atoms with Crippen molar-refractivity contribution in [2.75, 3.05) is 13.1 Å². The van der Waals surface area contributed by atoms with Crippen molar-refractivity contribution in [1.29, 1.82) is 0 Å². The first-order chi connectivity index (χ1) is 9.58. The molecular formula is C14H18N4O2. The van der Waals surface area contributed by atoms with Crippen LogP contribution in [0, 0.1) is 6.92 Å². The van der Waals surface area contributed by atoms with Crippen molar-refractivity contribution >= 4 is 17.0 Å². The number of piperazine rings is 1. The summed E-state index contributed by atoms with van der Waals surface area (Å²) in [6.07, 6.45) is 1.56. The smallest absolute Gasteiger partial charge is 0.257 e. The number of nitrogens with one attached hydrogen (secondary N) is 1. The van der Waals surface area contributed by atoms with Crippen molar-refractivity contribution in [3.63, 3.8) is 0 Å². The first-order valence-electron chi connectivity index (χ1n) is 6.84. The Morgan fingerprint density at radius 1 is 1.50 bits per heavy atom. The van der Waals surface area contributed by atoms with Gasteiger partial charge >= 0.3 is 0 Å². The summed E-state index contributed by atoms with van der Waals surface area (Å²) in [4.78, 5) is 18.7. The van der Waals surface area contributed by atoms with Crippen molar-refractivity contribution < 1.29 is 9.32 Å². The van der Waals surface area contributed by atoms with Crippen molar-refractivity contribution in [1.82, 2.24) is 20.4 Å². The molecule has 20 heavy (non-hydrogen) atoms. The normalized spacial score (nSPS) is 23.2. The maximum atomic E-state index is 12.6. The molecule has 6 nitrogen and oxygen atoms in total. The summed E-state index contributed by atoms with van der Waals surface area (Å²) in [6.45, 7) is 7.53. The Kier molecular flexibility index (Phi) is 3.17. The molecule has 1 fully saturated rings. The lowest BCUT2D eigenvalue weighted by molar-refractivity contribution is 0.0602. The lowest BCUT2D eigenvalue weighted by Gasteiger charge is -2.38. The molecule has 1 N–H and O–H groups in total. The van der Waals surface area contributed by atoms with Crippen LogP contribution in [0.4, 0.5) is 0 Å². The number of amides is 1. The molecule has 0 spiro atoms. The summed E-state index contributed by atoms with van der Waals surface area (Å²) in [5, 5.41) is 8.03. The van der Waals surface area contributed by atoms with Crippen LogP contribution in [0.25, 0.3) is 11.1 Å². The zero-order valence-electron chi connectivity index (χ0n) is 11.9. The average Bonchev–Trinajstić information content (AvgIpc) is 2.82. The number of hydrogen-bond donors (Lipinski definition) is 1. The predicted molar refractivity (Wildman–Crippen MR) is 74.5 cm³/mol. The van der Waals surface area contributed by atoms with E-state index < -0.39 is 0 Å². The van der Waals surface area contributed by atoms with Crippen LogP contribution in [0.3, 0.4) is 0 Å². The maximum absolute atomic E-state index is 12.6. The standard InChI is InChI=1S/C14H18N4O2/c1-8-10(3)18(5-4-15-8)14(19)11-6-12-9(2)17-20-13(12)16-7-11/h6-8,10,15H,4-5H2,1-3H3. The average molecular weight is 274 g/mol. The fourth-order valence-corrected chi connectivity index (χ4v) is 2.57. The highest BCUT2D eigenvalue weighted by molar-refractivity contribution is 5.97. The minimum absolute atomic E-state index is 0.0147. The van der Waals surface area contributed by atoms with Crippen LogP contribution in [0.5, 0.6) is 0 Å². The lowest BCUT2D eigenvalue weighted by Crippen LogP contribution is -2.57. The molecule has 1 amide bonds. The lowest BCUT2D eigenvalue weighted by atomic mass is 10.1. The van der Waals surface area contributed by atoms with E-state index in [2.05, 4.69) is 29.3 Å². The van der Waals surface area contributed by atoms with E-state index in [1.807, 2.05) is 17.9 Å². The number of pyridine rings is 1. The molecule has 0 aromatic carbocycles. The van der Waals surface area contributed by atoms with Gasteiger partial charge in [0.1, 0.15) is 0 Å². The molecule has 1 aliphatic heterocycles. The van der Waals surface area contributed by atoms with E-state index in [-0.39, 0.29) is 11.9 Å². The van der Waals surface area contributed by atoms with E-state index in [0.29, 0.717) is 23.9 Å². The van der Waals surface area contributed by atoms with Crippen molar-refractivity contribution in [2.24, 2.45) is 0 Å². The van der Waals surface area contributed by atoms with Crippen LogP contribution in [-0.2, 0) is 0 Å². The number of carbonyl (C=O) groups is 1. The molecule has 1 aliphatic rings. The number of fused-ring (bicyclic) bond motifs is 1. The van der Waals surface area contributed by atoms with Crippen LogP contribution in [0.15, 0.2) is 16.8 Å². The van der Waals surface area contributed by atoms with Gasteiger partial charge in [-0.25, -0.2) is 4.98 Å². The Morgan fingerprint density at radius 3 is 3.10 bits per heavy atom. The van der Waals surface area contributed by atoms with E-state index in [1.165, 1.54) is 0 Å². The molecule has 2 aromatic heterocycles. The van der Waals surface area contributed by atoms with Crippen molar-refractivity contribution in [2.45, 2.75) is 32.9 Å². The molecule has 6 heteroatoms. The number of carbonyl (C=O) groups excluding carboxylic acids is 1. The quantitative estimate of drug-likeness (QED) is 0.850. The van der Waals surface area contributed by atoms with Gasteiger partial charge in [0.15, 0.2) is 0 Å². The zero-order chi connectivity index (χ0) is 14.3. The van der Waals surface area contributed by atoms with E-state index in [1.54, 1.807) is 6.20 Å². The zero-order valence-corrected chi connectivity index (χ0v) is 11.9. The second-order valence-corrected chi connectivity index (χ2v) is 5.33. The summed E-state index contributed by atoms with van der Waals surface area (Å²) in [5.41, 5.74) is 1.81. The number of aryl methyl sites for hydroxylation is 1. The highest BCUT2D eigenvalue weighted by Gasteiger charge is 2.29. The molecule has 0 saturated carbocycles. The Morgan fingerprint density at radius 2 is 2.30 bits per heavy atom. The summed E-state index contributed by atoms with van der Waals surface area (Å²) in [7, 11) is 0. The van der Waals surface area contributed by atoms with Gasteiger partial charge in [0.05, 0.1) is 16.6 Å². The number of aromatic nitrogens is 2. The Hall–Kier alpha value is -1.95. The minimum Gasteiger partial charge on any atom is -0.336 e. The van der Waals surface area contributed by atoms with E-state index in [4.69, 9.17) is 4.52 Å². The molecule has 2 atom stereocenters. The second-order valence-electron chi connectivity index (χ2n) is 5.33. The highest BCUT2D eigenvalue weighted by atomic mass is 16.5. The summed E-state index contributed by atoms with van der Waals surface area (Å²) < 4.78 is 5.07. The molecule has 1 saturated heterocycles. The Balaban J connectivity index is 1.93. The summed E-state index contributed by atoms with van der Waals surface area (Å²) in [6, 6.07) is 2.27. The van der Waals surface area contributed by atoms with Crippen LogP contribution < -0.4 is 5.32 Å². The van der Waals surface area contributed by atoms with Crippen LogP contribution in [-0.4, -0.2) is 46.1 Å². The number of nitrogens with zero attached hydrogens (tertiary/aromatic N) is 3. The van der Waals surface area contributed by atoms with Gasteiger partial charge in [0, 0.05) is 31.4 Å². The van der Waals surface area contributed by atoms with Crippen LogP contribution in [0.2, 0.25) is 0 Å². The molecule has 3 heterocycles. The van der Waals surface area contributed by atoms with E-state index in [9.17, 15) is 4.79 Å². The molecule has 2 aromatic rings. The van der Waals surface area contributed by atoms with Crippen LogP contribution in [0.1, 0.15) is 29.9 Å². The van der Waals surface area contributed by atoms with Gasteiger partial charge in [-0.3, -0.25) is 4.79 Å². The first kappa shape index (κ1) is 13.1. The topological polar surface area (TPSA) is 71.3 Å². The minimum atomic E-state index is 0.0147. The third kappa shape index (κ3) is 2.06. The molecule has 3 rings (SSSR count). The van der Waals surface area contributed by atoms with E-state index >= 15 is 0 Å². The molecule has 106 valence electrons. The highest BCUT2D eigenvalue weighted by Crippen LogP contribution is 2.19. The monoisotopic (exact) mass is 274 g/mol. The van der Waals surface area contributed by atoms with Gasteiger partial charge in [-0.15, -0.1) is 0 Å². The molecule has 0 aliphatic carbocycles. The Bertz CT molecular complexity index is 652. The third-order valence-corrected chi connectivity index (χ3v) is 4.05. The van der Waals surface area contributed by atoms with Crippen molar-refractivity contribution in [3.8, 4) is 0 Å². The van der Waals surface area contributed by atoms with Gasteiger partial charge < -0.3 is 14.7 Å². The number of hydrogen-bond acceptors (Lipinski definition) is 5. The first-order valence-corrected chi connectivity index (χ1v) is 6.84. The van der Waals surface area contributed by atoms with Gasteiger partial charge in [-0.05, 0) is 26.8 Å². The molecule has 0 bridgehead atoms. The molecular weight excluding hydrogens is 256 g/mol. The van der Waals surface area contributed by atoms with Gasteiger partial charge in [-0.2, -0.15) is 0 Å².